The first kappa shape index (κ1) is 20.0. The molecule has 1 unspecified atom stereocenters. The summed E-state index contributed by atoms with van der Waals surface area (Å²) in [6.45, 7) is 5.96. The smallest absolute Gasteiger partial charge is 0.258 e. The Kier molecular flexibility index (Phi) is 8.00. The van der Waals surface area contributed by atoms with E-state index in [1.165, 1.54) is 12.1 Å². The molecule has 0 heterocycles. The van der Waals surface area contributed by atoms with Gasteiger partial charge in [-0.3, -0.25) is 4.79 Å². The molecule has 0 saturated carbocycles. The number of rotatable bonds is 6. The number of carbonyl (C=O) groups is 1. The average Bonchev–Trinajstić information content (AvgIpc) is 2.37. The Morgan fingerprint density at radius 2 is 2.14 bits per heavy atom. The van der Waals surface area contributed by atoms with Crippen molar-refractivity contribution in [2.45, 2.75) is 26.3 Å². The van der Waals surface area contributed by atoms with Gasteiger partial charge >= 0.3 is 0 Å². The second kappa shape index (κ2) is 8.41. The van der Waals surface area contributed by atoms with Crippen LogP contribution in [0.1, 0.15) is 20.8 Å². The third-order valence-electron chi connectivity index (χ3n) is 3.38. The van der Waals surface area contributed by atoms with E-state index in [1.54, 1.807) is 0 Å². The molecule has 0 radical (unpaired) electrons. The van der Waals surface area contributed by atoms with Gasteiger partial charge in [-0.15, -0.1) is 12.4 Å². The summed E-state index contributed by atoms with van der Waals surface area (Å²) >= 11 is 5.81. The summed E-state index contributed by atoms with van der Waals surface area (Å²) in [6.07, 6.45) is 0. The molecule has 0 aliphatic rings. The number of hydrogen-bond acceptors (Lipinski definition) is 3. The summed E-state index contributed by atoms with van der Waals surface area (Å²) in [5.74, 6) is -0.303. The third kappa shape index (κ3) is 5.69. The quantitative estimate of drug-likeness (QED) is 0.838. The van der Waals surface area contributed by atoms with Gasteiger partial charge in [0.2, 0.25) is 0 Å². The van der Waals surface area contributed by atoms with Crippen molar-refractivity contribution in [3.63, 3.8) is 0 Å². The minimum Gasteiger partial charge on any atom is -0.482 e. The van der Waals surface area contributed by atoms with E-state index in [1.807, 2.05) is 20.8 Å². The molecule has 0 spiro atoms. The number of nitrogens with two attached hydrogens (primary N) is 1. The molecule has 0 aliphatic carbocycles. The highest BCUT2D eigenvalue weighted by Crippen LogP contribution is 2.24. The van der Waals surface area contributed by atoms with Crippen LogP contribution >= 0.6 is 24.0 Å². The van der Waals surface area contributed by atoms with Gasteiger partial charge in [0.1, 0.15) is 11.6 Å². The van der Waals surface area contributed by atoms with Crippen LogP contribution in [0, 0.1) is 11.7 Å². The Morgan fingerprint density at radius 1 is 1.52 bits per heavy atom. The largest absolute Gasteiger partial charge is 0.482 e. The molecule has 1 aromatic carbocycles. The van der Waals surface area contributed by atoms with E-state index in [-0.39, 0.29) is 41.6 Å². The first-order chi connectivity index (χ1) is 9.28. The Hall–Kier alpha value is -1.04. The lowest BCUT2D eigenvalue weighted by Crippen LogP contribution is -2.56. The minimum absolute atomic E-state index is 0. The fraction of sp³-hybridized carbons (Fsp3) is 0.500. The topological polar surface area (TPSA) is 64.3 Å². The van der Waals surface area contributed by atoms with E-state index in [4.69, 9.17) is 22.1 Å². The molecular formula is C14H21Cl2FN2O2. The molecule has 7 heteroatoms. The van der Waals surface area contributed by atoms with Gasteiger partial charge in [-0.25, -0.2) is 4.39 Å². The van der Waals surface area contributed by atoms with Gasteiger partial charge in [0, 0.05) is 6.54 Å². The number of hydrogen-bond donors (Lipinski definition) is 2. The number of ether oxygens (including phenoxy) is 1. The Balaban J connectivity index is 0.00000400. The number of carbonyl (C=O) groups excluding carboxylic acids is 1. The van der Waals surface area contributed by atoms with Crippen LogP contribution in [-0.2, 0) is 4.79 Å². The molecule has 3 N–H and O–H groups in total. The third-order valence-corrected chi connectivity index (χ3v) is 3.67. The maximum Gasteiger partial charge on any atom is 0.258 e. The van der Waals surface area contributed by atoms with E-state index in [2.05, 4.69) is 5.32 Å². The molecular weight excluding hydrogens is 318 g/mol. The lowest BCUT2D eigenvalue weighted by Gasteiger charge is -2.33. The molecule has 0 fully saturated rings. The van der Waals surface area contributed by atoms with Gasteiger partial charge in [0.05, 0.1) is 10.6 Å². The molecule has 1 rings (SSSR count). The maximum atomic E-state index is 12.9. The highest BCUT2D eigenvalue weighted by Gasteiger charge is 2.28. The molecule has 0 aliphatic heterocycles. The first-order valence-electron chi connectivity index (χ1n) is 6.37. The van der Waals surface area contributed by atoms with Crippen molar-refractivity contribution in [2.75, 3.05) is 13.2 Å². The van der Waals surface area contributed by atoms with Gasteiger partial charge in [0.15, 0.2) is 6.61 Å². The average molecular weight is 339 g/mol. The van der Waals surface area contributed by atoms with Gasteiger partial charge in [-0.1, -0.05) is 25.4 Å². The van der Waals surface area contributed by atoms with Crippen LogP contribution < -0.4 is 15.8 Å². The zero-order valence-corrected chi connectivity index (χ0v) is 13.9. The van der Waals surface area contributed by atoms with Crippen LogP contribution in [0.25, 0.3) is 0 Å². The van der Waals surface area contributed by atoms with Gasteiger partial charge in [-0.05, 0) is 31.0 Å². The fourth-order valence-electron chi connectivity index (χ4n) is 1.52. The SMILES string of the molecule is CC(C)C(C)(CN)NC(=O)COc1ccc(F)cc1Cl.Cl. The number of amides is 1. The van der Waals surface area contributed by atoms with Gasteiger partial charge < -0.3 is 15.8 Å². The molecule has 1 aromatic rings. The Labute approximate surface area is 135 Å². The van der Waals surface area contributed by atoms with Crippen LogP contribution in [-0.4, -0.2) is 24.6 Å². The first-order valence-corrected chi connectivity index (χ1v) is 6.75. The molecule has 21 heavy (non-hydrogen) atoms. The van der Waals surface area contributed by atoms with Gasteiger partial charge in [0.25, 0.3) is 5.91 Å². The highest BCUT2D eigenvalue weighted by atomic mass is 35.5. The zero-order chi connectivity index (χ0) is 15.3. The molecule has 0 saturated heterocycles. The number of halogens is 3. The van der Waals surface area contributed by atoms with Crippen LogP contribution in [0.15, 0.2) is 18.2 Å². The second-order valence-corrected chi connectivity index (χ2v) is 5.60. The minimum atomic E-state index is -0.493. The van der Waals surface area contributed by atoms with Gasteiger partial charge in [-0.2, -0.15) is 0 Å². The van der Waals surface area contributed by atoms with E-state index in [0.717, 1.165) is 6.07 Å². The Morgan fingerprint density at radius 3 is 2.62 bits per heavy atom. The van der Waals surface area contributed by atoms with Crippen molar-refractivity contribution in [1.29, 1.82) is 0 Å². The molecule has 120 valence electrons. The lowest BCUT2D eigenvalue weighted by atomic mass is 9.88. The zero-order valence-electron chi connectivity index (χ0n) is 12.3. The van der Waals surface area contributed by atoms with Crippen molar-refractivity contribution in [3.05, 3.63) is 29.0 Å². The number of benzene rings is 1. The normalized spacial score (nSPS) is 13.3. The highest BCUT2D eigenvalue weighted by molar-refractivity contribution is 6.32. The summed E-state index contributed by atoms with van der Waals surface area (Å²) in [5, 5.41) is 2.97. The van der Waals surface area contributed by atoms with E-state index >= 15 is 0 Å². The standard InChI is InChI=1S/C14H20ClFN2O2.ClH/c1-9(2)14(3,8-17)18-13(19)7-20-12-5-4-10(16)6-11(12)15;/h4-6,9H,7-8,17H2,1-3H3,(H,18,19);1H. The van der Waals surface area contributed by atoms with Crippen LogP contribution in [0.4, 0.5) is 4.39 Å². The van der Waals surface area contributed by atoms with Crippen LogP contribution in [0.3, 0.4) is 0 Å². The summed E-state index contributed by atoms with van der Waals surface area (Å²) in [5.41, 5.74) is 5.19. The maximum absolute atomic E-state index is 12.9. The molecule has 4 nitrogen and oxygen atoms in total. The molecule has 0 bridgehead atoms. The fourth-order valence-corrected chi connectivity index (χ4v) is 1.74. The van der Waals surface area contributed by atoms with Crippen molar-refractivity contribution >= 4 is 29.9 Å². The number of nitrogens with one attached hydrogen (secondary N) is 1. The Bertz CT molecular complexity index is 486. The molecule has 0 aromatic heterocycles. The monoisotopic (exact) mass is 338 g/mol. The van der Waals surface area contributed by atoms with Crippen LogP contribution in [0.5, 0.6) is 5.75 Å². The predicted octanol–water partition coefficient (Wildman–Crippen LogP) is 2.77. The molecule has 1 atom stereocenters. The van der Waals surface area contributed by atoms with Crippen molar-refractivity contribution in [1.82, 2.24) is 5.32 Å². The molecule has 1 amide bonds. The van der Waals surface area contributed by atoms with Crippen molar-refractivity contribution in [2.24, 2.45) is 11.7 Å². The van der Waals surface area contributed by atoms with E-state index in [9.17, 15) is 9.18 Å². The van der Waals surface area contributed by atoms with E-state index in [0.29, 0.717) is 6.54 Å². The summed E-state index contributed by atoms with van der Waals surface area (Å²) in [4.78, 5) is 11.9. The second-order valence-electron chi connectivity index (χ2n) is 5.19. The lowest BCUT2D eigenvalue weighted by molar-refractivity contribution is -0.125. The van der Waals surface area contributed by atoms with Crippen LogP contribution in [0.2, 0.25) is 5.02 Å². The van der Waals surface area contributed by atoms with E-state index < -0.39 is 11.4 Å². The summed E-state index contributed by atoms with van der Waals surface area (Å²) in [7, 11) is 0. The predicted molar refractivity (Wildman–Crippen MR) is 84.6 cm³/mol. The summed E-state index contributed by atoms with van der Waals surface area (Å²) < 4.78 is 18.1. The van der Waals surface area contributed by atoms with Crippen molar-refractivity contribution in [3.8, 4) is 5.75 Å². The van der Waals surface area contributed by atoms with Crippen molar-refractivity contribution < 1.29 is 13.9 Å². The summed E-state index contributed by atoms with van der Waals surface area (Å²) in [6, 6.07) is 3.74.